The van der Waals surface area contributed by atoms with Crippen molar-refractivity contribution in [3.8, 4) is 5.75 Å². The van der Waals surface area contributed by atoms with E-state index >= 15 is 0 Å². The molecule has 0 aliphatic carbocycles. The minimum atomic E-state index is -2.90. The van der Waals surface area contributed by atoms with Gasteiger partial charge in [-0.3, -0.25) is 14.6 Å². The van der Waals surface area contributed by atoms with Crippen molar-refractivity contribution in [1.29, 1.82) is 0 Å². The molecular formula is C21H18F2N4O3. The van der Waals surface area contributed by atoms with Crippen LogP contribution in [0, 0.1) is 0 Å². The van der Waals surface area contributed by atoms with Gasteiger partial charge >= 0.3 is 6.61 Å². The number of carbonyl (C=O) groups is 2. The summed E-state index contributed by atoms with van der Waals surface area (Å²) in [6.07, 6.45) is 3.08. The van der Waals surface area contributed by atoms with Crippen molar-refractivity contribution < 1.29 is 23.1 Å². The van der Waals surface area contributed by atoms with E-state index in [-0.39, 0.29) is 12.3 Å². The molecule has 0 radical (unpaired) electrons. The highest BCUT2D eigenvalue weighted by Gasteiger charge is 2.13. The van der Waals surface area contributed by atoms with E-state index < -0.39 is 18.4 Å². The Morgan fingerprint density at radius 1 is 0.967 bits per heavy atom. The second kappa shape index (κ2) is 9.97. The van der Waals surface area contributed by atoms with Gasteiger partial charge in [0.1, 0.15) is 5.75 Å². The average molecular weight is 412 g/mol. The molecular weight excluding hydrogens is 394 g/mol. The first-order valence-electron chi connectivity index (χ1n) is 8.90. The van der Waals surface area contributed by atoms with Crippen LogP contribution >= 0.6 is 0 Å². The molecule has 0 saturated heterocycles. The van der Waals surface area contributed by atoms with Gasteiger partial charge in [-0.2, -0.15) is 8.78 Å². The van der Waals surface area contributed by atoms with Crippen LogP contribution in [0.3, 0.4) is 0 Å². The molecule has 0 saturated carbocycles. The number of rotatable bonds is 8. The average Bonchev–Trinajstić information content (AvgIpc) is 2.74. The van der Waals surface area contributed by atoms with Crippen molar-refractivity contribution in [2.45, 2.75) is 6.61 Å². The molecule has 1 aromatic heterocycles. The molecule has 7 nitrogen and oxygen atoms in total. The maximum Gasteiger partial charge on any atom is 0.387 e. The van der Waals surface area contributed by atoms with Gasteiger partial charge in [0.25, 0.3) is 5.91 Å². The van der Waals surface area contributed by atoms with Gasteiger partial charge in [-0.05, 0) is 48.5 Å². The van der Waals surface area contributed by atoms with Crippen molar-refractivity contribution in [3.05, 3.63) is 78.6 Å². The Bertz CT molecular complexity index is 999. The normalized spacial score (nSPS) is 10.4. The summed E-state index contributed by atoms with van der Waals surface area (Å²) in [5.41, 5.74) is 1.91. The summed E-state index contributed by atoms with van der Waals surface area (Å²) in [6.45, 7) is -3.12. The Hall–Kier alpha value is -4.01. The van der Waals surface area contributed by atoms with Crippen LogP contribution in [0.5, 0.6) is 5.75 Å². The van der Waals surface area contributed by atoms with Gasteiger partial charge in [0.2, 0.25) is 5.91 Å². The molecule has 154 valence electrons. The fourth-order valence-corrected chi connectivity index (χ4v) is 2.56. The Morgan fingerprint density at radius 3 is 2.43 bits per heavy atom. The van der Waals surface area contributed by atoms with E-state index in [0.29, 0.717) is 22.6 Å². The zero-order valence-corrected chi connectivity index (χ0v) is 15.6. The van der Waals surface area contributed by atoms with Crippen molar-refractivity contribution in [3.63, 3.8) is 0 Å². The molecule has 0 aliphatic rings. The number of alkyl halides is 2. The zero-order chi connectivity index (χ0) is 21.3. The van der Waals surface area contributed by atoms with Crippen LogP contribution < -0.4 is 20.7 Å². The molecule has 0 unspecified atom stereocenters. The van der Waals surface area contributed by atoms with Crippen molar-refractivity contribution in [1.82, 2.24) is 10.3 Å². The lowest BCUT2D eigenvalue weighted by atomic mass is 10.1. The maximum absolute atomic E-state index is 12.5. The molecule has 3 aromatic rings. The van der Waals surface area contributed by atoms with E-state index in [0.717, 1.165) is 0 Å². The summed E-state index contributed by atoms with van der Waals surface area (Å²) >= 11 is 0. The third-order valence-electron chi connectivity index (χ3n) is 3.88. The molecule has 0 fully saturated rings. The number of para-hydroxylation sites is 1. The van der Waals surface area contributed by atoms with E-state index in [1.54, 1.807) is 54.7 Å². The lowest BCUT2D eigenvalue weighted by molar-refractivity contribution is -0.115. The van der Waals surface area contributed by atoms with Crippen LogP contribution in [0.15, 0.2) is 73.1 Å². The predicted octanol–water partition coefficient (Wildman–Crippen LogP) is 3.80. The third-order valence-corrected chi connectivity index (χ3v) is 3.88. The van der Waals surface area contributed by atoms with Crippen LogP contribution in [0.4, 0.5) is 25.8 Å². The van der Waals surface area contributed by atoms with E-state index in [2.05, 4.69) is 25.7 Å². The largest absolute Gasteiger partial charge is 0.435 e. The van der Waals surface area contributed by atoms with Gasteiger partial charge in [-0.1, -0.05) is 12.1 Å². The fourth-order valence-electron chi connectivity index (χ4n) is 2.56. The Morgan fingerprint density at radius 2 is 1.73 bits per heavy atom. The number of carbonyl (C=O) groups excluding carboxylic acids is 2. The maximum atomic E-state index is 12.5. The molecule has 2 aromatic carbocycles. The molecule has 0 spiro atoms. The van der Waals surface area contributed by atoms with Crippen LogP contribution in [0.2, 0.25) is 0 Å². The van der Waals surface area contributed by atoms with Crippen LogP contribution in [-0.2, 0) is 4.79 Å². The molecule has 0 aliphatic heterocycles. The van der Waals surface area contributed by atoms with E-state index in [4.69, 9.17) is 0 Å². The van der Waals surface area contributed by atoms with Crippen LogP contribution in [0.25, 0.3) is 0 Å². The number of nitrogens with zero attached hydrogens (tertiary/aromatic N) is 1. The molecule has 0 atom stereocenters. The van der Waals surface area contributed by atoms with Crippen LogP contribution in [-0.4, -0.2) is 30.0 Å². The highest BCUT2D eigenvalue weighted by molar-refractivity contribution is 6.03. The number of aromatic nitrogens is 1. The summed E-state index contributed by atoms with van der Waals surface area (Å²) < 4.78 is 28.8. The Balaban J connectivity index is 1.61. The molecule has 3 N–H and O–H groups in total. The lowest BCUT2D eigenvalue weighted by Gasteiger charge is -2.13. The summed E-state index contributed by atoms with van der Waals surface area (Å²) in [6, 6.07) is 16.0. The smallest absolute Gasteiger partial charge is 0.387 e. The topological polar surface area (TPSA) is 92.4 Å². The van der Waals surface area contributed by atoms with Crippen molar-refractivity contribution in [2.75, 3.05) is 17.2 Å². The third kappa shape index (κ3) is 5.99. The van der Waals surface area contributed by atoms with E-state index in [1.165, 1.54) is 18.3 Å². The Kier molecular flexibility index (Phi) is 6.88. The Labute approximate surface area is 171 Å². The summed E-state index contributed by atoms with van der Waals surface area (Å²) in [5.74, 6) is -0.810. The summed E-state index contributed by atoms with van der Waals surface area (Å²) in [5, 5.41) is 8.23. The second-order valence-electron chi connectivity index (χ2n) is 6.05. The molecule has 0 bridgehead atoms. The molecule has 30 heavy (non-hydrogen) atoms. The molecule has 1 heterocycles. The lowest BCUT2D eigenvalue weighted by Crippen LogP contribution is -2.33. The SMILES string of the molecule is O=C(CNC(=O)c1ccccc1Nc1ccc(OC(F)F)cc1)Nc1cccnc1. The highest BCUT2D eigenvalue weighted by atomic mass is 19.3. The number of hydrogen-bond donors (Lipinski definition) is 3. The number of benzene rings is 2. The number of ether oxygens (including phenoxy) is 1. The molecule has 3 rings (SSSR count). The number of halogens is 2. The number of amides is 2. The van der Waals surface area contributed by atoms with Crippen molar-refractivity contribution >= 4 is 28.9 Å². The first kappa shape index (κ1) is 20.7. The minimum Gasteiger partial charge on any atom is -0.435 e. The molecule has 9 heteroatoms. The highest BCUT2D eigenvalue weighted by Crippen LogP contribution is 2.23. The van der Waals surface area contributed by atoms with Crippen molar-refractivity contribution in [2.24, 2.45) is 0 Å². The van der Waals surface area contributed by atoms with Gasteiger partial charge in [0.05, 0.1) is 29.7 Å². The number of nitrogens with one attached hydrogen (secondary N) is 3. The quantitative estimate of drug-likeness (QED) is 0.524. The zero-order valence-electron chi connectivity index (χ0n) is 15.6. The van der Waals surface area contributed by atoms with E-state index in [1.807, 2.05) is 0 Å². The van der Waals surface area contributed by atoms with Gasteiger partial charge < -0.3 is 20.7 Å². The standard InChI is InChI=1S/C21H18F2N4O3/c22-21(23)30-16-9-7-14(8-10-16)26-18-6-2-1-5-17(18)20(29)25-13-19(28)27-15-4-3-11-24-12-15/h1-12,21,26H,13H2,(H,25,29)(H,27,28). The number of anilines is 3. The first-order valence-corrected chi connectivity index (χ1v) is 8.90. The number of hydrogen-bond acceptors (Lipinski definition) is 5. The van der Waals surface area contributed by atoms with Gasteiger partial charge in [-0.15, -0.1) is 0 Å². The fraction of sp³-hybridized carbons (Fsp3) is 0.0952. The summed E-state index contributed by atoms with van der Waals surface area (Å²) in [7, 11) is 0. The monoisotopic (exact) mass is 412 g/mol. The van der Waals surface area contributed by atoms with Gasteiger partial charge in [0.15, 0.2) is 0 Å². The first-order chi connectivity index (χ1) is 14.5. The predicted molar refractivity (Wildman–Crippen MR) is 108 cm³/mol. The number of pyridine rings is 1. The van der Waals surface area contributed by atoms with Gasteiger partial charge in [-0.25, -0.2) is 0 Å². The van der Waals surface area contributed by atoms with E-state index in [9.17, 15) is 18.4 Å². The van der Waals surface area contributed by atoms with Gasteiger partial charge in [0, 0.05) is 11.9 Å². The minimum absolute atomic E-state index is 0.0289. The summed E-state index contributed by atoms with van der Waals surface area (Å²) in [4.78, 5) is 28.4. The second-order valence-corrected chi connectivity index (χ2v) is 6.05. The molecule has 2 amide bonds. The van der Waals surface area contributed by atoms with Crippen LogP contribution in [0.1, 0.15) is 10.4 Å².